The van der Waals surface area contributed by atoms with E-state index in [1.54, 1.807) is 24.8 Å². The molecule has 2 aliphatic rings. The molecule has 0 radical (unpaired) electrons. The number of nitrogens with zero attached hydrogens (tertiary/aromatic N) is 4. The largest absolute Gasteiger partial charge is 0.412 e. The van der Waals surface area contributed by atoms with Gasteiger partial charge in [0.2, 0.25) is 11.9 Å². The van der Waals surface area contributed by atoms with Crippen molar-refractivity contribution >= 4 is 61.5 Å². The molecule has 2 aliphatic heterocycles. The highest BCUT2D eigenvalue weighted by Crippen LogP contribution is 2.08. The molecule has 13 heteroatoms. The van der Waals surface area contributed by atoms with Crippen LogP contribution in [0.4, 0.5) is 11.9 Å². The molecule has 180 valence electrons. The van der Waals surface area contributed by atoms with Gasteiger partial charge in [-0.05, 0) is 64.0 Å². The number of halogens is 4. The minimum absolute atomic E-state index is 0. The predicted molar refractivity (Wildman–Crippen MR) is 136 cm³/mol. The smallest absolute Gasteiger partial charge is 0.222 e. The third-order valence-electron chi connectivity index (χ3n) is 4.48. The van der Waals surface area contributed by atoms with Gasteiger partial charge in [0.05, 0.1) is 0 Å². The van der Waals surface area contributed by atoms with Gasteiger partial charge in [-0.1, -0.05) is 0 Å². The molecule has 0 aliphatic carbocycles. The molecule has 0 unspecified atom stereocenters. The van der Waals surface area contributed by atoms with E-state index in [1.807, 2.05) is 12.1 Å². The first-order valence-electron chi connectivity index (χ1n) is 9.39. The summed E-state index contributed by atoms with van der Waals surface area (Å²) in [5, 5.41) is 13.3. The molecule has 2 fully saturated rings. The fraction of sp³-hybridized carbons (Fsp3) is 0.556. The Morgan fingerprint density at radius 3 is 1.16 bits per heavy atom. The van der Waals surface area contributed by atoms with E-state index < -0.39 is 0 Å². The standard InChI is InChI=1S/2C9H14N4.4ClH.H2O/c2*1-4-11-9(12-5-1)13-8-2-6-10-7-3-8;;;;;/h2*1,4-5,8,10H,2-3,6-7H2,(H,11,12,13);4*1H;1H2. The summed E-state index contributed by atoms with van der Waals surface area (Å²) < 4.78 is 0. The summed E-state index contributed by atoms with van der Waals surface area (Å²) >= 11 is 0. The molecule has 0 saturated carbocycles. The Bertz CT molecular complexity index is 565. The Morgan fingerprint density at radius 2 is 0.871 bits per heavy atom. The summed E-state index contributed by atoms with van der Waals surface area (Å²) in [7, 11) is 0. The Labute approximate surface area is 208 Å². The SMILES string of the molecule is Cl.Cl.Cl.Cl.O.c1cnc(NC2CCNCC2)nc1.c1cnc(NC2CCNCC2)nc1. The molecule has 4 rings (SSSR count). The van der Waals surface area contributed by atoms with Crippen molar-refractivity contribution in [2.75, 3.05) is 36.8 Å². The van der Waals surface area contributed by atoms with Gasteiger partial charge in [-0.25, -0.2) is 19.9 Å². The zero-order valence-corrected chi connectivity index (χ0v) is 20.5. The first-order valence-corrected chi connectivity index (χ1v) is 9.39. The van der Waals surface area contributed by atoms with Gasteiger partial charge in [-0.2, -0.15) is 0 Å². The minimum atomic E-state index is 0. The fourth-order valence-electron chi connectivity index (χ4n) is 3.04. The van der Waals surface area contributed by atoms with E-state index in [2.05, 4.69) is 41.2 Å². The first kappa shape index (κ1) is 34.4. The van der Waals surface area contributed by atoms with Crippen LogP contribution in [0, 0.1) is 0 Å². The zero-order valence-electron chi connectivity index (χ0n) is 17.2. The van der Waals surface area contributed by atoms with Crippen LogP contribution in [0.15, 0.2) is 36.9 Å². The maximum absolute atomic E-state index is 4.13. The molecule has 4 heterocycles. The summed E-state index contributed by atoms with van der Waals surface area (Å²) in [4.78, 5) is 16.5. The van der Waals surface area contributed by atoms with Gasteiger partial charge < -0.3 is 26.7 Å². The van der Waals surface area contributed by atoms with Gasteiger partial charge in [0.25, 0.3) is 0 Å². The maximum Gasteiger partial charge on any atom is 0.222 e. The monoisotopic (exact) mass is 518 g/mol. The number of rotatable bonds is 4. The molecule has 31 heavy (non-hydrogen) atoms. The van der Waals surface area contributed by atoms with Crippen molar-refractivity contribution in [2.45, 2.75) is 37.8 Å². The van der Waals surface area contributed by atoms with E-state index in [4.69, 9.17) is 0 Å². The van der Waals surface area contributed by atoms with E-state index >= 15 is 0 Å². The second-order valence-corrected chi connectivity index (χ2v) is 6.48. The average Bonchev–Trinajstić information content (AvgIpc) is 2.72. The normalized spacial score (nSPS) is 15.5. The van der Waals surface area contributed by atoms with Crippen molar-refractivity contribution in [3.05, 3.63) is 36.9 Å². The van der Waals surface area contributed by atoms with Crippen LogP contribution in [0.5, 0.6) is 0 Å². The van der Waals surface area contributed by atoms with Crippen molar-refractivity contribution in [3.8, 4) is 0 Å². The number of piperidine rings is 2. The van der Waals surface area contributed by atoms with Crippen LogP contribution in [-0.2, 0) is 0 Å². The van der Waals surface area contributed by atoms with E-state index in [-0.39, 0.29) is 55.1 Å². The van der Waals surface area contributed by atoms with Crippen molar-refractivity contribution in [1.29, 1.82) is 0 Å². The van der Waals surface area contributed by atoms with Crippen molar-refractivity contribution in [3.63, 3.8) is 0 Å². The number of aromatic nitrogens is 4. The summed E-state index contributed by atoms with van der Waals surface area (Å²) in [5.74, 6) is 1.49. The number of nitrogens with one attached hydrogen (secondary N) is 4. The number of hydrogen-bond donors (Lipinski definition) is 4. The van der Waals surface area contributed by atoms with Gasteiger partial charge in [-0.3, -0.25) is 0 Å². The van der Waals surface area contributed by atoms with Crippen LogP contribution in [0.1, 0.15) is 25.7 Å². The first-order chi connectivity index (χ1) is 12.9. The highest BCUT2D eigenvalue weighted by Gasteiger charge is 2.13. The lowest BCUT2D eigenvalue weighted by Crippen LogP contribution is -2.35. The fourth-order valence-corrected chi connectivity index (χ4v) is 3.04. The molecule has 2 aromatic rings. The highest BCUT2D eigenvalue weighted by molar-refractivity contribution is 5.86. The van der Waals surface area contributed by atoms with Crippen LogP contribution in [0.25, 0.3) is 0 Å². The average molecular weight is 520 g/mol. The Balaban J connectivity index is -0.000000436. The molecule has 0 atom stereocenters. The van der Waals surface area contributed by atoms with Crippen LogP contribution in [0.2, 0.25) is 0 Å². The summed E-state index contributed by atoms with van der Waals surface area (Å²) in [6.45, 7) is 4.35. The minimum Gasteiger partial charge on any atom is -0.412 e. The lowest BCUT2D eigenvalue weighted by molar-refractivity contribution is 0.477. The van der Waals surface area contributed by atoms with E-state index in [0.717, 1.165) is 63.8 Å². The van der Waals surface area contributed by atoms with Crippen LogP contribution >= 0.6 is 49.6 Å². The van der Waals surface area contributed by atoms with Crippen LogP contribution < -0.4 is 21.3 Å². The molecule has 0 aromatic carbocycles. The predicted octanol–water partition coefficient (Wildman–Crippen LogP) is 2.14. The molecule has 2 aromatic heterocycles. The Morgan fingerprint density at radius 1 is 0.581 bits per heavy atom. The van der Waals surface area contributed by atoms with Gasteiger partial charge in [0, 0.05) is 36.9 Å². The van der Waals surface area contributed by atoms with E-state index in [0.29, 0.717) is 12.1 Å². The summed E-state index contributed by atoms with van der Waals surface area (Å²) in [5.41, 5.74) is 0. The van der Waals surface area contributed by atoms with Gasteiger partial charge in [0.1, 0.15) is 0 Å². The van der Waals surface area contributed by atoms with Gasteiger partial charge in [-0.15, -0.1) is 49.6 Å². The maximum atomic E-state index is 4.13. The molecule has 9 nitrogen and oxygen atoms in total. The lowest BCUT2D eigenvalue weighted by Gasteiger charge is -2.23. The zero-order chi connectivity index (χ0) is 17.9. The van der Waals surface area contributed by atoms with Gasteiger partial charge >= 0.3 is 0 Å². The molecule has 2 saturated heterocycles. The quantitative estimate of drug-likeness (QED) is 0.483. The second kappa shape index (κ2) is 20.7. The van der Waals surface area contributed by atoms with Crippen LogP contribution in [-0.4, -0.2) is 63.7 Å². The van der Waals surface area contributed by atoms with Crippen LogP contribution in [0.3, 0.4) is 0 Å². The number of hydrogen-bond acceptors (Lipinski definition) is 8. The Hall–Kier alpha value is -1.20. The van der Waals surface area contributed by atoms with E-state index in [1.165, 1.54) is 0 Å². The molecule has 6 N–H and O–H groups in total. The third kappa shape index (κ3) is 13.7. The summed E-state index contributed by atoms with van der Waals surface area (Å²) in [6, 6.07) is 4.72. The molecule has 0 amide bonds. The van der Waals surface area contributed by atoms with E-state index in [9.17, 15) is 0 Å². The topological polar surface area (TPSA) is 131 Å². The lowest BCUT2D eigenvalue weighted by atomic mass is 10.1. The molecular weight excluding hydrogens is 486 g/mol. The highest BCUT2D eigenvalue weighted by atomic mass is 35.5. The van der Waals surface area contributed by atoms with Crippen molar-refractivity contribution in [1.82, 2.24) is 30.6 Å². The van der Waals surface area contributed by atoms with Crippen molar-refractivity contribution in [2.24, 2.45) is 0 Å². The third-order valence-corrected chi connectivity index (χ3v) is 4.48. The second-order valence-electron chi connectivity index (χ2n) is 6.48. The Kier molecular flexibility index (Phi) is 23.0. The van der Waals surface area contributed by atoms with Gasteiger partial charge in [0.15, 0.2) is 0 Å². The van der Waals surface area contributed by atoms with Crippen molar-refractivity contribution < 1.29 is 5.48 Å². The molecule has 0 bridgehead atoms. The summed E-state index contributed by atoms with van der Waals surface area (Å²) in [6.07, 6.45) is 11.6. The molecule has 0 spiro atoms. The molecular formula is C18H34Cl4N8O. The number of anilines is 2.